The predicted molar refractivity (Wildman–Crippen MR) is 223 cm³/mol. The maximum absolute atomic E-state index is 13.3. The van der Waals surface area contributed by atoms with Gasteiger partial charge in [-0.15, -0.1) is 0 Å². The summed E-state index contributed by atoms with van der Waals surface area (Å²) in [5.41, 5.74) is -2.98. The number of hydrogen-bond acceptors (Lipinski definition) is 12. The number of amides is 5. The molecule has 5 amide bonds. The first-order valence-corrected chi connectivity index (χ1v) is 20.5. The number of aliphatic carboxylic acids is 1. The van der Waals surface area contributed by atoms with Crippen LogP contribution in [0, 0.1) is 0 Å². The number of carbonyl (C=O) groups excluding carboxylic acids is 6. The van der Waals surface area contributed by atoms with Gasteiger partial charge in [0.1, 0.15) is 40.3 Å². The van der Waals surface area contributed by atoms with Gasteiger partial charge in [0.2, 0.25) is 5.91 Å². The van der Waals surface area contributed by atoms with Gasteiger partial charge in [0.05, 0.1) is 6.04 Å². The van der Waals surface area contributed by atoms with Crippen LogP contribution in [0.3, 0.4) is 0 Å². The highest BCUT2D eigenvalue weighted by Gasteiger charge is 2.27. The molecule has 18 nitrogen and oxygen atoms in total. The number of unbranched alkanes of at least 4 members (excludes halogenated alkanes) is 4. The molecule has 3 atom stereocenters. The molecule has 59 heavy (non-hydrogen) atoms. The Balaban J connectivity index is 5.25. The summed E-state index contributed by atoms with van der Waals surface area (Å²) in [7, 11) is 0. The maximum Gasteiger partial charge on any atom is 0.413 e. The minimum Gasteiger partial charge on any atom is -0.480 e. The zero-order valence-electron chi connectivity index (χ0n) is 37.8. The number of nitrogens with zero attached hydrogens (tertiary/aromatic N) is 1. The summed E-state index contributed by atoms with van der Waals surface area (Å²) in [4.78, 5) is 91.7. The van der Waals surface area contributed by atoms with E-state index in [1.165, 1.54) is 0 Å². The normalized spacial score (nSPS) is 13.8. The molecule has 6 N–H and O–H groups in total. The van der Waals surface area contributed by atoms with E-state index in [1.807, 2.05) is 0 Å². The lowest BCUT2D eigenvalue weighted by Gasteiger charge is -2.24. The fourth-order valence-electron chi connectivity index (χ4n) is 5.19. The first-order chi connectivity index (χ1) is 27.0. The molecule has 18 heteroatoms. The number of carbonyl (C=O) groups is 7. The number of nitrogens with one attached hydrogen (secondary N) is 5. The van der Waals surface area contributed by atoms with Gasteiger partial charge >= 0.3 is 30.3 Å². The third kappa shape index (κ3) is 31.0. The number of carboxylic acids is 1. The third-order valence-electron chi connectivity index (χ3n) is 7.64. The Morgan fingerprint density at radius 1 is 0.525 bits per heavy atom. The third-order valence-corrected chi connectivity index (χ3v) is 7.64. The van der Waals surface area contributed by atoms with Crippen LogP contribution in [-0.4, -0.2) is 107 Å². The fraction of sp³-hybridized carbons (Fsp3) is 0.805. The zero-order valence-corrected chi connectivity index (χ0v) is 37.8. The molecular formula is C41H74N6O12. The van der Waals surface area contributed by atoms with Crippen molar-refractivity contribution in [3.63, 3.8) is 0 Å². The van der Waals surface area contributed by atoms with Crippen molar-refractivity contribution >= 4 is 47.9 Å². The number of Topliss-reactive ketones (excluding diaryl/α,β-unsaturated/α-hetero) is 1. The lowest BCUT2D eigenvalue weighted by atomic mass is 9.99. The van der Waals surface area contributed by atoms with E-state index in [2.05, 4.69) is 31.6 Å². The maximum atomic E-state index is 13.3. The molecule has 0 unspecified atom stereocenters. The van der Waals surface area contributed by atoms with Crippen LogP contribution in [0.1, 0.15) is 161 Å². The molecule has 0 aromatic carbocycles. The van der Waals surface area contributed by atoms with E-state index < -0.39 is 76.8 Å². The quantitative estimate of drug-likeness (QED) is 0.0289. The average molecular weight is 843 g/mol. The number of amidine groups is 1. The average Bonchev–Trinajstić information content (AvgIpc) is 3.02. The molecule has 0 radical (unpaired) electrons. The largest absolute Gasteiger partial charge is 0.480 e. The molecule has 0 spiro atoms. The van der Waals surface area contributed by atoms with Crippen molar-refractivity contribution in [3.8, 4) is 0 Å². The number of hydrogen-bond donors (Lipinski definition) is 6. The lowest BCUT2D eigenvalue weighted by molar-refractivity contribution is -0.139. The van der Waals surface area contributed by atoms with Gasteiger partial charge in [0, 0.05) is 19.5 Å². The highest BCUT2D eigenvalue weighted by molar-refractivity contribution is 5.94. The second-order valence-electron chi connectivity index (χ2n) is 18.4. The van der Waals surface area contributed by atoms with Gasteiger partial charge in [-0.05, 0) is 141 Å². The molecule has 0 aromatic heterocycles. The number of ketones is 1. The van der Waals surface area contributed by atoms with Gasteiger partial charge in [0.25, 0.3) is 0 Å². The van der Waals surface area contributed by atoms with Crippen molar-refractivity contribution in [3.05, 3.63) is 0 Å². The molecule has 0 saturated carbocycles. The predicted octanol–water partition coefficient (Wildman–Crippen LogP) is 6.67. The summed E-state index contributed by atoms with van der Waals surface area (Å²) in [6.07, 6.45) is 1.40. The van der Waals surface area contributed by atoms with Crippen LogP contribution >= 0.6 is 0 Å². The second kappa shape index (κ2) is 25.8. The molecule has 0 saturated heterocycles. The molecule has 0 heterocycles. The molecule has 0 rings (SSSR count). The number of alkyl carbamates (subject to hydrolysis) is 4. The van der Waals surface area contributed by atoms with Crippen LogP contribution in [-0.2, 0) is 33.3 Å². The van der Waals surface area contributed by atoms with Crippen molar-refractivity contribution in [1.82, 2.24) is 26.6 Å². The van der Waals surface area contributed by atoms with Crippen molar-refractivity contribution < 1.29 is 57.6 Å². The molecular weight excluding hydrogens is 768 g/mol. The van der Waals surface area contributed by atoms with E-state index in [1.54, 1.807) is 90.0 Å². The van der Waals surface area contributed by atoms with Gasteiger partial charge in [-0.25, -0.2) is 24.0 Å². The van der Waals surface area contributed by atoms with E-state index in [0.717, 1.165) is 0 Å². The Kier molecular flexibility index (Phi) is 23.7. The molecule has 0 aliphatic heterocycles. The monoisotopic (exact) mass is 843 g/mol. The number of rotatable bonds is 22. The molecule has 0 aliphatic rings. The van der Waals surface area contributed by atoms with Gasteiger partial charge in [-0.1, -0.05) is 12.8 Å². The Morgan fingerprint density at radius 2 is 0.932 bits per heavy atom. The van der Waals surface area contributed by atoms with Crippen molar-refractivity contribution in [2.24, 2.45) is 4.99 Å². The lowest BCUT2D eigenvalue weighted by Crippen LogP contribution is -2.48. The Labute approximate surface area is 350 Å². The van der Waals surface area contributed by atoms with E-state index in [9.17, 15) is 38.7 Å². The summed E-state index contributed by atoms with van der Waals surface area (Å²) in [6.45, 7) is 22.8. The Hall–Kier alpha value is -4.64. The van der Waals surface area contributed by atoms with E-state index in [-0.39, 0.29) is 31.6 Å². The minimum absolute atomic E-state index is 0.111. The van der Waals surface area contributed by atoms with Gasteiger partial charge < -0.3 is 45.3 Å². The second-order valence-corrected chi connectivity index (χ2v) is 18.4. The molecule has 340 valence electrons. The first kappa shape index (κ1) is 54.4. The van der Waals surface area contributed by atoms with Crippen LogP contribution < -0.4 is 26.6 Å². The standard InChI is InChI=1S/C41H74N6O12/c1-27(44-34(52)56-38(2,3)4)42-25-19-17-21-28(45-35(53)57-39(5,6)7)31(48)24-16-14-15-22-29(46-36(54)58-40(8,9)10)32(49)43-26-20-18-23-30(33(50)51)47-37(55)59-41(11,12)13/h28-30H,14-26H2,1-13H3,(H,43,49)(H,45,53)(H,46,54)(H,47,55)(H,50,51)(H,42,44,52)/t28-,29-,30-/m0/s1. The highest BCUT2D eigenvalue weighted by atomic mass is 16.6. The van der Waals surface area contributed by atoms with Crippen LogP contribution in [0.2, 0.25) is 0 Å². The summed E-state index contributed by atoms with van der Waals surface area (Å²) < 4.78 is 21.1. The van der Waals surface area contributed by atoms with E-state index >= 15 is 0 Å². The molecule has 0 bridgehead atoms. The fourth-order valence-corrected chi connectivity index (χ4v) is 5.19. The van der Waals surface area contributed by atoms with Crippen molar-refractivity contribution in [2.75, 3.05) is 13.1 Å². The summed E-state index contributed by atoms with van der Waals surface area (Å²) >= 11 is 0. The van der Waals surface area contributed by atoms with Crippen LogP contribution in [0.15, 0.2) is 4.99 Å². The topological polar surface area (TPSA) is 249 Å². The number of carboxylic acid groups (broad SMARTS) is 1. The summed E-state index contributed by atoms with van der Waals surface area (Å²) in [6, 6.07) is -2.89. The highest BCUT2D eigenvalue weighted by Crippen LogP contribution is 2.15. The van der Waals surface area contributed by atoms with E-state index in [0.29, 0.717) is 63.7 Å². The molecule has 0 fully saturated rings. The van der Waals surface area contributed by atoms with Gasteiger partial charge in [-0.2, -0.15) is 0 Å². The number of aliphatic imine (C=N–C) groups is 1. The number of ether oxygens (including phenoxy) is 4. The molecule has 0 aliphatic carbocycles. The van der Waals surface area contributed by atoms with Crippen molar-refractivity contribution in [2.45, 2.75) is 201 Å². The first-order valence-electron chi connectivity index (χ1n) is 20.5. The Bertz CT molecular complexity index is 1410. The summed E-state index contributed by atoms with van der Waals surface area (Å²) in [5.74, 6) is -1.43. The smallest absolute Gasteiger partial charge is 0.413 e. The van der Waals surface area contributed by atoms with Crippen LogP contribution in [0.5, 0.6) is 0 Å². The summed E-state index contributed by atoms with van der Waals surface area (Å²) in [5, 5.41) is 22.5. The van der Waals surface area contributed by atoms with Gasteiger partial charge in [-0.3, -0.25) is 19.9 Å². The minimum atomic E-state index is -1.21. The zero-order chi connectivity index (χ0) is 45.6. The van der Waals surface area contributed by atoms with Gasteiger partial charge in [0.15, 0.2) is 5.78 Å². The Morgan fingerprint density at radius 3 is 1.42 bits per heavy atom. The molecule has 0 aromatic rings. The van der Waals surface area contributed by atoms with Crippen LogP contribution in [0.4, 0.5) is 19.2 Å². The van der Waals surface area contributed by atoms with Crippen LogP contribution in [0.25, 0.3) is 0 Å². The SMILES string of the molecule is CC(=NCCCC[C@H](NC(=O)OC(C)(C)C)C(=O)CCCCC[C@H](NC(=O)OC(C)(C)C)C(=O)NCCCC[C@H](NC(=O)OC(C)(C)C)C(=O)O)NC(=O)OC(C)(C)C. The van der Waals surface area contributed by atoms with Crippen molar-refractivity contribution in [1.29, 1.82) is 0 Å². The van der Waals surface area contributed by atoms with E-state index in [4.69, 9.17) is 18.9 Å².